The Balaban J connectivity index is 2.29. The van der Waals surface area contributed by atoms with Crippen LogP contribution in [0.5, 0.6) is 5.75 Å². The molecule has 3 aromatic rings. The van der Waals surface area contributed by atoms with Crippen LogP contribution in [0.2, 0.25) is 0 Å². The van der Waals surface area contributed by atoms with Crippen molar-refractivity contribution >= 4 is 11.0 Å². The number of benzene rings is 2. The molecule has 0 radical (unpaired) electrons. The SMILES string of the molecule is CCC(C)(C)c1cc(-n2nc3ccc(F)cc3n2)c(O)c(C(C)(C)CC)c1. The summed E-state index contributed by atoms with van der Waals surface area (Å²) >= 11 is 0. The van der Waals surface area contributed by atoms with Gasteiger partial charge in [0.1, 0.15) is 28.3 Å². The second-order valence-electron chi connectivity index (χ2n) is 8.49. The highest BCUT2D eigenvalue weighted by molar-refractivity contribution is 5.74. The van der Waals surface area contributed by atoms with Crippen LogP contribution in [0.1, 0.15) is 65.5 Å². The predicted octanol–water partition coefficient (Wildman–Crippen LogP) is 5.64. The molecule has 1 N–H and O–H groups in total. The van der Waals surface area contributed by atoms with Crippen molar-refractivity contribution in [1.29, 1.82) is 0 Å². The molecule has 0 aliphatic rings. The number of fused-ring (bicyclic) bond motifs is 1. The first-order valence-electron chi connectivity index (χ1n) is 9.50. The van der Waals surface area contributed by atoms with Gasteiger partial charge in [-0.05, 0) is 47.4 Å². The van der Waals surface area contributed by atoms with Gasteiger partial charge in [0.25, 0.3) is 0 Å². The van der Waals surface area contributed by atoms with Crippen molar-refractivity contribution in [2.75, 3.05) is 0 Å². The Labute approximate surface area is 160 Å². The Hall–Kier alpha value is -2.43. The zero-order valence-electron chi connectivity index (χ0n) is 17.0. The van der Waals surface area contributed by atoms with Gasteiger partial charge >= 0.3 is 0 Å². The predicted molar refractivity (Wildman–Crippen MR) is 107 cm³/mol. The van der Waals surface area contributed by atoms with Crippen LogP contribution in [0, 0.1) is 5.82 Å². The first-order chi connectivity index (χ1) is 12.6. The lowest BCUT2D eigenvalue weighted by atomic mass is 9.76. The third-order valence-electron chi connectivity index (χ3n) is 5.93. The van der Waals surface area contributed by atoms with Gasteiger partial charge in [-0.25, -0.2) is 4.39 Å². The molecule has 0 bridgehead atoms. The van der Waals surface area contributed by atoms with Gasteiger partial charge in [-0.3, -0.25) is 0 Å². The van der Waals surface area contributed by atoms with Gasteiger partial charge in [0.05, 0.1) is 0 Å². The van der Waals surface area contributed by atoms with Gasteiger partial charge < -0.3 is 5.11 Å². The zero-order valence-corrected chi connectivity index (χ0v) is 17.0. The fourth-order valence-corrected chi connectivity index (χ4v) is 3.07. The number of nitrogens with zero attached hydrogens (tertiary/aromatic N) is 3. The molecule has 0 saturated carbocycles. The van der Waals surface area contributed by atoms with Gasteiger partial charge in [0.2, 0.25) is 0 Å². The van der Waals surface area contributed by atoms with Crippen molar-refractivity contribution in [3.8, 4) is 11.4 Å². The van der Waals surface area contributed by atoms with E-state index in [4.69, 9.17) is 0 Å². The molecule has 2 aromatic carbocycles. The van der Waals surface area contributed by atoms with Crippen molar-refractivity contribution in [3.63, 3.8) is 0 Å². The summed E-state index contributed by atoms with van der Waals surface area (Å²) in [7, 11) is 0. The monoisotopic (exact) mass is 369 g/mol. The highest BCUT2D eigenvalue weighted by Gasteiger charge is 2.29. The molecule has 0 fully saturated rings. The first kappa shape index (κ1) is 19.3. The standard InChI is InChI=1S/C22H28FN3O/c1-7-21(3,4)14-11-16(22(5,6)8-2)20(27)19(12-14)26-24-17-10-9-15(23)13-18(17)25-26/h9-13,27H,7-8H2,1-6H3. The van der Waals surface area contributed by atoms with E-state index in [1.165, 1.54) is 16.9 Å². The molecule has 27 heavy (non-hydrogen) atoms. The fourth-order valence-electron chi connectivity index (χ4n) is 3.07. The largest absolute Gasteiger partial charge is 0.505 e. The van der Waals surface area contributed by atoms with Gasteiger partial charge in [-0.15, -0.1) is 15.0 Å². The van der Waals surface area contributed by atoms with Crippen molar-refractivity contribution in [2.45, 2.75) is 65.2 Å². The van der Waals surface area contributed by atoms with E-state index in [0.29, 0.717) is 16.7 Å². The van der Waals surface area contributed by atoms with Crippen molar-refractivity contribution in [3.05, 3.63) is 47.3 Å². The lowest BCUT2D eigenvalue weighted by Crippen LogP contribution is -2.21. The number of phenolic OH excluding ortho intramolecular Hbond substituents is 1. The topological polar surface area (TPSA) is 50.9 Å². The molecule has 0 aliphatic carbocycles. The van der Waals surface area contributed by atoms with E-state index in [1.807, 2.05) is 6.07 Å². The van der Waals surface area contributed by atoms with Crippen LogP contribution in [0.25, 0.3) is 16.7 Å². The van der Waals surface area contributed by atoms with E-state index in [0.717, 1.165) is 24.0 Å². The van der Waals surface area contributed by atoms with Crippen molar-refractivity contribution in [1.82, 2.24) is 15.0 Å². The maximum absolute atomic E-state index is 13.5. The van der Waals surface area contributed by atoms with E-state index >= 15 is 0 Å². The summed E-state index contributed by atoms with van der Waals surface area (Å²) < 4.78 is 13.5. The lowest BCUT2D eigenvalue weighted by Gasteiger charge is -2.30. The number of halogens is 1. The van der Waals surface area contributed by atoms with Crippen LogP contribution >= 0.6 is 0 Å². The van der Waals surface area contributed by atoms with Crippen molar-refractivity contribution in [2.24, 2.45) is 0 Å². The summed E-state index contributed by atoms with van der Waals surface area (Å²) in [5.41, 5.74) is 3.34. The minimum Gasteiger partial charge on any atom is -0.505 e. The minimum atomic E-state index is -0.354. The molecule has 1 aromatic heterocycles. The number of aromatic hydroxyl groups is 1. The maximum atomic E-state index is 13.5. The van der Waals surface area contributed by atoms with E-state index in [9.17, 15) is 9.50 Å². The molecule has 0 amide bonds. The lowest BCUT2D eigenvalue weighted by molar-refractivity contribution is 0.420. The second-order valence-corrected chi connectivity index (χ2v) is 8.49. The van der Waals surface area contributed by atoms with E-state index in [1.54, 1.807) is 6.07 Å². The molecule has 5 heteroatoms. The quantitative estimate of drug-likeness (QED) is 0.633. The molecule has 0 aliphatic heterocycles. The van der Waals surface area contributed by atoms with Crippen LogP contribution in [-0.4, -0.2) is 20.1 Å². The summed E-state index contributed by atoms with van der Waals surface area (Å²) in [6.45, 7) is 12.9. The average Bonchev–Trinajstić information content (AvgIpc) is 3.04. The van der Waals surface area contributed by atoms with Gasteiger partial charge in [-0.1, -0.05) is 47.6 Å². The molecule has 4 nitrogen and oxygen atoms in total. The molecule has 0 spiro atoms. The van der Waals surface area contributed by atoms with E-state index < -0.39 is 0 Å². The second kappa shape index (κ2) is 6.63. The summed E-state index contributed by atoms with van der Waals surface area (Å²) in [5, 5.41) is 19.9. The van der Waals surface area contributed by atoms with Crippen LogP contribution in [-0.2, 0) is 10.8 Å². The molecule has 144 valence electrons. The highest BCUT2D eigenvalue weighted by Crippen LogP contribution is 2.41. The molecular formula is C22H28FN3O. The van der Waals surface area contributed by atoms with E-state index in [-0.39, 0.29) is 22.4 Å². The molecule has 0 unspecified atom stereocenters. The number of phenols is 1. The zero-order chi connectivity index (χ0) is 20.0. The Kier molecular flexibility index (Phi) is 4.74. The smallest absolute Gasteiger partial charge is 0.146 e. The Morgan fingerprint density at radius 3 is 2.19 bits per heavy atom. The van der Waals surface area contributed by atoms with Crippen LogP contribution in [0.3, 0.4) is 0 Å². The van der Waals surface area contributed by atoms with Gasteiger partial charge in [-0.2, -0.15) is 0 Å². The Morgan fingerprint density at radius 2 is 1.56 bits per heavy atom. The number of aromatic nitrogens is 3. The third kappa shape index (κ3) is 3.43. The molecular weight excluding hydrogens is 341 g/mol. The van der Waals surface area contributed by atoms with Crippen molar-refractivity contribution < 1.29 is 9.50 Å². The normalized spacial score (nSPS) is 12.7. The fraction of sp³-hybridized carbons (Fsp3) is 0.455. The molecule has 0 atom stereocenters. The minimum absolute atomic E-state index is 0.0558. The third-order valence-corrected chi connectivity index (χ3v) is 5.93. The van der Waals surface area contributed by atoms with Crippen LogP contribution in [0.4, 0.5) is 4.39 Å². The Bertz CT molecular complexity index is 989. The number of rotatable bonds is 5. The first-order valence-corrected chi connectivity index (χ1v) is 9.50. The van der Waals surface area contributed by atoms with Crippen LogP contribution in [0.15, 0.2) is 30.3 Å². The van der Waals surface area contributed by atoms with E-state index in [2.05, 4.69) is 57.8 Å². The summed E-state index contributed by atoms with van der Waals surface area (Å²) in [6, 6.07) is 8.37. The molecule has 1 heterocycles. The summed E-state index contributed by atoms with van der Waals surface area (Å²) in [5.74, 6) is -0.175. The number of hydrogen-bond donors (Lipinski definition) is 1. The maximum Gasteiger partial charge on any atom is 0.146 e. The molecule has 3 rings (SSSR count). The summed E-state index contributed by atoms with van der Waals surface area (Å²) in [4.78, 5) is 1.42. The van der Waals surface area contributed by atoms with Gasteiger partial charge in [0.15, 0.2) is 0 Å². The van der Waals surface area contributed by atoms with Crippen LogP contribution < -0.4 is 0 Å². The molecule has 0 saturated heterocycles. The highest BCUT2D eigenvalue weighted by atomic mass is 19.1. The number of hydrogen-bond acceptors (Lipinski definition) is 3. The summed E-state index contributed by atoms with van der Waals surface area (Å²) in [6.07, 6.45) is 1.85. The van der Waals surface area contributed by atoms with Gasteiger partial charge in [0, 0.05) is 11.6 Å². The average molecular weight is 369 g/mol. The Morgan fingerprint density at radius 1 is 0.926 bits per heavy atom.